The van der Waals surface area contributed by atoms with Crippen molar-refractivity contribution in [2.75, 3.05) is 13.2 Å². The summed E-state index contributed by atoms with van der Waals surface area (Å²) in [4.78, 5) is 4.51. The fourth-order valence-corrected chi connectivity index (χ4v) is 2.86. The van der Waals surface area contributed by atoms with Gasteiger partial charge in [-0.3, -0.25) is 0 Å². The van der Waals surface area contributed by atoms with Gasteiger partial charge in [0, 0.05) is 25.4 Å². The molecule has 2 N–H and O–H groups in total. The predicted octanol–water partition coefficient (Wildman–Crippen LogP) is 1.06. The SMILES string of the molecule is CCc1nc2n(n1)C[C@H](NC[C@@H](O)COc1ccc(C#N)cc1)CC2. The van der Waals surface area contributed by atoms with E-state index in [0.29, 0.717) is 17.9 Å². The molecular weight excluding hydrogens is 318 g/mol. The van der Waals surface area contributed by atoms with E-state index in [0.717, 1.165) is 37.5 Å². The van der Waals surface area contributed by atoms with Gasteiger partial charge in [-0.05, 0) is 30.7 Å². The molecule has 1 aliphatic heterocycles. The zero-order valence-corrected chi connectivity index (χ0v) is 14.4. The van der Waals surface area contributed by atoms with E-state index in [1.807, 2.05) is 4.68 Å². The third-order valence-corrected chi connectivity index (χ3v) is 4.29. The monoisotopic (exact) mass is 341 g/mol. The minimum atomic E-state index is -0.598. The van der Waals surface area contributed by atoms with Crippen LogP contribution in [0.2, 0.25) is 0 Å². The average Bonchev–Trinajstić information content (AvgIpc) is 3.07. The Labute approximate surface area is 147 Å². The highest BCUT2D eigenvalue weighted by molar-refractivity contribution is 5.34. The van der Waals surface area contributed by atoms with Crippen molar-refractivity contribution in [3.63, 3.8) is 0 Å². The van der Waals surface area contributed by atoms with Gasteiger partial charge in [0.2, 0.25) is 0 Å². The standard InChI is InChI=1S/C18H23N5O2/c1-2-17-21-18-8-5-14(11-23(18)22-17)20-10-15(24)12-25-16-6-3-13(9-19)4-7-16/h3-4,6-7,14-15,20,24H,2,5,8,10-12H2,1H3/t14-,15-/m1/s1. The number of nitrogens with one attached hydrogen (secondary N) is 1. The lowest BCUT2D eigenvalue weighted by Crippen LogP contribution is -2.42. The summed E-state index contributed by atoms with van der Waals surface area (Å²) in [5.74, 6) is 2.60. The third-order valence-electron chi connectivity index (χ3n) is 4.29. The molecule has 7 heteroatoms. The Morgan fingerprint density at radius 2 is 2.24 bits per heavy atom. The summed E-state index contributed by atoms with van der Waals surface area (Å²) in [7, 11) is 0. The zero-order chi connectivity index (χ0) is 17.6. The molecule has 0 aliphatic carbocycles. The molecule has 0 spiro atoms. The summed E-state index contributed by atoms with van der Waals surface area (Å²) in [6.45, 7) is 3.51. The van der Waals surface area contributed by atoms with Crippen molar-refractivity contribution in [3.05, 3.63) is 41.5 Å². The van der Waals surface area contributed by atoms with Crippen LogP contribution in [0.4, 0.5) is 0 Å². The molecule has 7 nitrogen and oxygen atoms in total. The van der Waals surface area contributed by atoms with Crippen LogP contribution in [0.25, 0.3) is 0 Å². The van der Waals surface area contributed by atoms with Crippen LogP contribution in [-0.4, -0.2) is 45.2 Å². The van der Waals surface area contributed by atoms with Crippen molar-refractivity contribution in [2.24, 2.45) is 0 Å². The van der Waals surface area contributed by atoms with Gasteiger partial charge in [0.1, 0.15) is 24.3 Å². The molecule has 2 atom stereocenters. The lowest BCUT2D eigenvalue weighted by molar-refractivity contribution is 0.101. The number of nitrogens with zero attached hydrogens (tertiary/aromatic N) is 4. The molecule has 132 valence electrons. The smallest absolute Gasteiger partial charge is 0.150 e. The first kappa shape index (κ1) is 17.4. The highest BCUT2D eigenvalue weighted by Crippen LogP contribution is 2.14. The summed E-state index contributed by atoms with van der Waals surface area (Å²) in [5, 5.41) is 26.7. The first-order valence-corrected chi connectivity index (χ1v) is 8.65. The molecule has 1 aromatic carbocycles. The Morgan fingerprint density at radius 3 is 2.96 bits per heavy atom. The van der Waals surface area contributed by atoms with Gasteiger partial charge in [-0.2, -0.15) is 10.4 Å². The number of hydrogen-bond donors (Lipinski definition) is 2. The first-order chi connectivity index (χ1) is 12.2. The van der Waals surface area contributed by atoms with Crippen molar-refractivity contribution in [1.29, 1.82) is 5.26 Å². The van der Waals surface area contributed by atoms with E-state index in [1.54, 1.807) is 24.3 Å². The molecule has 0 unspecified atom stereocenters. The fourth-order valence-electron chi connectivity index (χ4n) is 2.86. The number of hydrogen-bond acceptors (Lipinski definition) is 6. The number of rotatable bonds is 7. The second kappa shape index (κ2) is 8.10. The average molecular weight is 341 g/mol. The minimum absolute atomic E-state index is 0.209. The third kappa shape index (κ3) is 4.56. The Bertz CT molecular complexity index is 735. The molecule has 0 saturated carbocycles. The molecular formula is C18H23N5O2. The van der Waals surface area contributed by atoms with Crippen LogP contribution in [0.15, 0.2) is 24.3 Å². The van der Waals surface area contributed by atoms with Crippen molar-refractivity contribution in [2.45, 2.75) is 44.9 Å². The zero-order valence-electron chi connectivity index (χ0n) is 14.4. The number of aliphatic hydroxyl groups excluding tert-OH is 1. The van der Waals surface area contributed by atoms with Crippen LogP contribution >= 0.6 is 0 Å². The Morgan fingerprint density at radius 1 is 1.44 bits per heavy atom. The van der Waals surface area contributed by atoms with Gasteiger partial charge in [0.15, 0.2) is 5.82 Å². The Balaban J connectivity index is 1.41. The van der Waals surface area contributed by atoms with Crippen LogP contribution in [0.5, 0.6) is 5.75 Å². The molecule has 25 heavy (non-hydrogen) atoms. The van der Waals surface area contributed by atoms with E-state index in [1.165, 1.54) is 0 Å². The summed E-state index contributed by atoms with van der Waals surface area (Å²) < 4.78 is 7.53. The van der Waals surface area contributed by atoms with Crippen molar-refractivity contribution in [3.8, 4) is 11.8 Å². The molecule has 0 saturated heterocycles. The van der Waals surface area contributed by atoms with Crippen LogP contribution in [0.3, 0.4) is 0 Å². The number of fused-ring (bicyclic) bond motifs is 1. The number of aromatic nitrogens is 3. The summed E-state index contributed by atoms with van der Waals surface area (Å²) in [6.07, 6.45) is 2.15. The summed E-state index contributed by atoms with van der Waals surface area (Å²) in [5.41, 5.74) is 0.588. The van der Waals surface area contributed by atoms with E-state index in [9.17, 15) is 5.11 Å². The summed E-state index contributed by atoms with van der Waals surface area (Å²) >= 11 is 0. The predicted molar refractivity (Wildman–Crippen MR) is 92.2 cm³/mol. The number of ether oxygens (including phenoxy) is 1. The van der Waals surface area contributed by atoms with E-state index in [4.69, 9.17) is 10.00 Å². The maximum absolute atomic E-state index is 10.1. The highest BCUT2D eigenvalue weighted by atomic mass is 16.5. The van der Waals surface area contributed by atoms with Gasteiger partial charge < -0.3 is 15.2 Å². The van der Waals surface area contributed by atoms with Gasteiger partial charge in [-0.1, -0.05) is 6.92 Å². The maximum Gasteiger partial charge on any atom is 0.150 e. The normalized spacial score (nSPS) is 17.6. The quantitative estimate of drug-likeness (QED) is 0.782. The highest BCUT2D eigenvalue weighted by Gasteiger charge is 2.21. The second-order valence-corrected chi connectivity index (χ2v) is 6.22. The number of aryl methyl sites for hydroxylation is 2. The maximum atomic E-state index is 10.1. The van der Waals surface area contributed by atoms with Gasteiger partial charge in [0.05, 0.1) is 18.2 Å². The molecule has 3 rings (SSSR count). The topological polar surface area (TPSA) is 96.0 Å². The number of nitriles is 1. The molecule has 0 fully saturated rings. The minimum Gasteiger partial charge on any atom is -0.491 e. The molecule has 1 aliphatic rings. The molecule has 0 amide bonds. The van der Waals surface area contributed by atoms with Gasteiger partial charge >= 0.3 is 0 Å². The lowest BCUT2D eigenvalue weighted by atomic mass is 10.1. The van der Waals surface area contributed by atoms with E-state index >= 15 is 0 Å². The van der Waals surface area contributed by atoms with Crippen LogP contribution in [0, 0.1) is 11.3 Å². The van der Waals surface area contributed by atoms with E-state index in [-0.39, 0.29) is 12.6 Å². The van der Waals surface area contributed by atoms with E-state index < -0.39 is 6.10 Å². The molecule has 0 radical (unpaired) electrons. The van der Waals surface area contributed by atoms with Crippen LogP contribution in [-0.2, 0) is 19.4 Å². The van der Waals surface area contributed by atoms with Gasteiger partial charge in [0.25, 0.3) is 0 Å². The summed E-state index contributed by atoms with van der Waals surface area (Å²) in [6, 6.07) is 9.20. The largest absolute Gasteiger partial charge is 0.491 e. The number of benzene rings is 1. The van der Waals surface area contributed by atoms with Crippen molar-refractivity contribution >= 4 is 0 Å². The fraction of sp³-hybridized carbons (Fsp3) is 0.500. The van der Waals surface area contributed by atoms with Gasteiger partial charge in [-0.15, -0.1) is 0 Å². The molecule has 1 aromatic heterocycles. The van der Waals surface area contributed by atoms with Gasteiger partial charge in [-0.25, -0.2) is 9.67 Å². The first-order valence-electron chi connectivity index (χ1n) is 8.65. The molecule has 0 bridgehead atoms. The Hall–Kier alpha value is -2.43. The number of aliphatic hydroxyl groups is 1. The van der Waals surface area contributed by atoms with Crippen molar-refractivity contribution in [1.82, 2.24) is 20.1 Å². The molecule has 2 aromatic rings. The van der Waals surface area contributed by atoms with Crippen LogP contribution < -0.4 is 10.1 Å². The van der Waals surface area contributed by atoms with Crippen molar-refractivity contribution < 1.29 is 9.84 Å². The second-order valence-electron chi connectivity index (χ2n) is 6.22. The molecule has 2 heterocycles. The lowest BCUT2D eigenvalue weighted by Gasteiger charge is -2.24. The van der Waals surface area contributed by atoms with E-state index in [2.05, 4.69) is 28.4 Å². The van der Waals surface area contributed by atoms with Crippen LogP contribution in [0.1, 0.15) is 30.6 Å². The Kier molecular flexibility index (Phi) is 5.64.